The zero-order chi connectivity index (χ0) is 17.2. The standard InChI is InChI=1S/C15H23N3O4S2/c16-10-11-2-1-3-12(11)17-15(19)14-13(4-9-23-14)24(20,21)18-5-7-22-8-6-18/h4,9,11-12H,1-3,5-8,10,16H2,(H,17,19). The number of nitrogens with one attached hydrogen (secondary N) is 1. The third kappa shape index (κ3) is 3.50. The van der Waals surface area contributed by atoms with Crippen molar-refractivity contribution < 1.29 is 17.9 Å². The van der Waals surface area contributed by atoms with Gasteiger partial charge in [-0.25, -0.2) is 8.42 Å². The molecule has 0 spiro atoms. The first-order valence-corrected chi connectivity index (χ1v) is 10.5. The highest BCUT2D eigenvalue weighted by atomic mass is 32.2. The summed E-state index contributed by atoms with van der Waals surface area (Å²) in [5, 5.41) is 4.63. The lowest BCUT2D eigenvalue weighted by molar-refractivity contribution is 0.0730. The second kappa shape index (κ2) is 7.49. The highest BCUT2D eigenvalue weighted by Gasteiger charge is 2.33. The largest absolute Gasteiger partial charge is 0.379 e. The van der Waals surface area contributed by atoms with Gasteiger partial charge in [0.15, 0.2) is 0 Å². The number of ether oxygens (including phenoxy) is 1. The molecule has 24 heavy (non-hydrogen) atoms. The van der Waals surface area contributed by atoms with Crippen LogP contribution in [0.3, 0.4) is 0 Å². The summed E-state index contributed by atoms with van der Waals surface area (Å²) in [7, 11) is -3.67. The Bertz CT molecular complexity index is 683. The predicted molar refractivity (Wildman–Crippen MR) is 91.5 cm³/mol. The van der Waals surface area contributed by atoms with E-state index >= 15 is 0 Å². The smallest absolute Gasteiger partial charge is 0.262 e. The highest BCUT2D eigenvalue weighted by Crippen LogP contribution is 2.28. The Labute approximate surface area is 146 Å². The van der Waals surface area contributed by atoms with E-state index in [1.165, 1.54) is 10.4 Å². The molecule has 2 atom stereocenters. The van der Waals surface area contributed by atoms with Gasteiger partial charge in [-0.2, -0.15) is 4.31 Å². The zero-order valence-corrected chi connectivity index (χ0v) is 15.1. The van der Waals surface area contributed by atoms with Gasteiger partial charge in [-0.3, -0.25) is 4.79 Å². The van der Waals surface area contributed by atoms with E-state index in [1.807, 2.05) is 0 Å². The van der Waals surface area contributed by atoms with Gasteiger partial charge in [0.05, 0.1) is 13.2 Å². The van der Waals surface area contributed by atoms with Crippen molar-refractivity contribution in [3.8, 4) is 0 Å². The second-order valence-corrected chi connectivity index (χ2v) is 8.96. The molecule has 1 saturated carbocycles. The fraction of sp³-hybridized carbons (Fsp3) is 0.667. The number of hydrogen-bond donors (Lipinski definition) is 2. The van der Waals surface area contributed by atoms with Crippen molar-refractivity contribution in [3.63, 3.8) is 0 Å². The molecular formula is C15H23N3O4S2. The average molecular weight is 374 g/mol. The van der Waals surface area contributed by atoms with Crippen LogP contribution >= 0.6 is 11.3 Å². The molecule has 0 radical (unpaired) electrons. The summed E-state index contributed by atoms with van der Waals surface area (Å²) >= 11 is 1.16. The molecule has 0 aromatic carbocycles. The molecule has 7 nitrogen and oxygen atoms in total. The number of carbonyl (C=O) groups excluding carboxylic acids is 1. The van der Waals surface area contributed by atoms with Crippen LogP contribution in [0, 0.1) is 5.92 Å². The second-order valence-electron chi connectivity index (χ2n) is 6.14. The molecule has 9 heteroatoms. The first-order chi connectivity index (χ1) is 11.5. The molecule has 134 valence electrons. The van der Waals surface area contributed by atoms with Crippen LogP contribution in [0.2, 0.25) is 0 Å². The zero-order valence-electron chi connectivity index (χ0n) is 13.4. The molecule has 2 heterocycles. The normalized spacial score (nSPS) is 25.7. The first kappa shape index (κ1) is 17.8. The number of amides is 1. The van der Waals surface area contributed by atoms with Crippen LogP contribution in [-0.2, 0) is 14.8 Å². The van der Waals surface area contributed by atoms with E-state index < -0.39 is 10.0 Å². The summed E-state index contributed by atoms with van der Waals surface area (Å²) in [6.45, 7) is 1.93. The maximum absolute atomic E-state index is 12.8. The molecule has 1 aliphatic heterocycles. The monoisotopic (exact) mass is 373 g/mol. The topological polar surface area (TPSA) is 102 Å². The van der Waals surface area contributed by atoms with Gasteiger partial charge in [-0.05, 0) is 36.8 Å². The number of rotatable bonds is 5. The van der Waals surface area contributed by atoms with Crippen molar-refractivity contribution in [3.05, 3.63) is 16.3 Å². The van der Waals surface area contributed by atoms with Crippen molar-refractivity contribution in [2.24, 2.45) is 11.7 Å². The van der Waals surface area contributed by atoms with Crippen LogP contribution in [0.15, 0.2) is 16.3 Å². The Morgan fingerprint density at radius 3 is 2.83 bits per heavy atom. The number of thiophene rings is 1. The molecule has 3 rings (SSSR count). The van der Waals surface area contributed by atoms with E-state index in [0.29, 0.717) is 32.8 Å². The van der Waals surface area contributed by atoms with Crippen LogP contribution in [0.5, 0.6) is 0 Å². The lowest BCUT2D eigenvalue weighted by atomic mass is 10.0. The van der Waals surface area contributed by atoms with E-state index in [1.54, 1.807) is 5.38 Å². The lowest BCUT2D eigenvalue weighted by Gasteiger charge is -2.26. The molecule has 1 aromatic rings. The quantitative estimate of drug-likeness (QED) is 0.788. The third-order valence-electron chi connectivity index (χ3n) is 4.70. The Morgan fingerprint density at radius 2 is 2.12 bits per heavy atom. The number of carbonyl (C=O) groups is 1. The highest BCUT2D eigenvalue weighted by molar-refractivity contribution is 7.89. The minimum atomic E-state index is -3.67. The molecule has 1 saturated heterocycles. The van der Waals surface area contributed by atoms with Crippen molar-refractivity contribution in [1.82, 2.24) is 9.62 Å². The minimum Gasteiger partial charge on any atom is -0.379 e. The predicted octanol–water partition coefficient (Wildman–Crippen LogP) is 0.626. The third-order valence-corrected chi connectivity index (χ3v) is 7.68. The van der Waals surface area contributed by atoms with Crippen LogP contribution in [0.25, 0.3) is 0 Å². The van der Waals surface area contributed by atoms with Gasteiger partial charge in [0.1, 0.15) is 9.77 Å². The van der Waals surface area contributed by atoms with Gasteiger partial charge >= 0.3 is 0 Å². The summed E-state index contributed by atoms with van der Waals surface area (Å²) < 4.78 is 32.2. The fourth-order valence-electron chi connectivity index (χ4n) is 3.34. The van der Waals surface area contributed by atoms with E-state index in [2.05, 4.69) is 5.32 Å². The van der Waals surface area contributed by atoms with Crippen LogP contribution in [0.4, 0.5) is 0 Å². The van der Waals surface area contributed by atoms with Gasteiger partial charge in [-0.15, -0.1) is 11.3 Å². The van der Waals surface area contributed by atoms with E-state index in [4.69, 9.17) is 10.5 Å². The summed E-state index contributed by atoms with van der Waals surface area (Å²) in [4.78, 5) is 13.0. The van der Waals surface area contributed by atoms with Crippen LogP contribution in [0.1, 0.15) is 28.9 Å². The minimum absolute atomic E-state index is 0.0311. The summed E-state index contributed by atoms with van der Waals surface area (Å²) in [5.41, 5.74) is 5.75. The summed E-state index contributed by atoms with van der Waals surface area (Å²) in [6.07, 6.45) is 2.94. The molecule has 1 aliphatic carbocycles. The van der Waals surface area contributed by atoms with Crippen LogP contribution < -0.4 is 11.1 Å². The van der Waals surface area contributed by atoms with Gasteiger partial charge in [-0.1, -0.05) is 6.42 Å². The Morgan fingerprint density at radius 1 is 1.38 bits per heavy atom. The average Bonchev–Trinajstić information content (AvgIpc) is 3.24. The molecule has 2 aliphatic rings. The van der Waals surface area contributed by atoms with Gasteiger partial charge in [0, 0.05) is 19.1 Å². The molecule has 2 fully saturated rings. The van der Waals surface area contributed by atoms with E-state index in [-0.39, 0.29) is 27.6 Å². The van der Waals surface area contributed by atoms with Gasteiger partial charge in [0.2, 0.25) is 10.0 Å². The summed E-state index contributed by atoms with van der Waals surface area (Å²) in [5.74, 6) is -0.0459. The fourth-order valence-corrected chi connectivity index (χ4v) is 6.05. The van der Waals surface area contributed by atoms with E-state index in [0.717, 1.165) is 30.6 Å². The van der Waals surface area contributed by atoms with Crippen molar-refractivity contribution >= 4 is 27.3 Å². The van der Waals surface area contributed by atoms with Crippen molar-refractivity contribution in [2.45, 2.75) is 30.2 Å². The molecule has 3 N–H and O–H groups in total. The number of sulfonamides is 1. The van der Waals surface area contributed by atoms with Crippen molar-refractivity contribution in [1.29, 1.82) is 0 Å². The Kier molecular flexibility index (Phi) is 5.56. The van der Waals surface area contributed by atoms with Crippen LogP contribution in [-0.4, -0.2) is 57.5 Å². The van der Waals surface area contributed by atoms with Gasteiger partial charge in [0.25, 0.3) is 5.91 Å². The molecule has 1 aromatic heterocycles. The molecule has 0 bridgehead atoms. The first-order valence-electron chi connectivity index (χ1n) is 8.20. The summed E-state index contributed by atoms with van der Waals surface area (Å²) in [6, 6.07) is 1.54. The Balaban J connectivity index is 1.78. The molecule has 2 unspecified atom stereocenters. The number of morpholine rings is 1. The maximum Gasteiger partial charge on any atom is 0.262 e. The number of hydrogen-bond acceptors (Lipinski definition) is 6. The Hall–Kier alpha value is -1.00. The molecule has 1 amide bonds. The van der Waals surface area contributed by atoms with Crippen molar-refractivity contribution in [2.75, 3.05) is 32.8 Å². The maximum atomic E-state index is 12.8. The molecular weight excluding hydrogens is 350 g/mol. The van der Waals surface area contributed by atoms with Gasteiger partial charge < -0.3 is 15.8 Å². The van der Waals surface area contributed by atoms with E-state index in [9.17, 15) is 13.2 Å². The lowest BCUT2D eigenvalue weighted by Crippen LogP contribution is -2.42. The number of nitrogens with zero attached hydrogens (tertiary/aromatic N) is 1. The number of nitrogens with two attached hydrogens (primary N) is 1. The SMILES string of the molecule is NCC1CCCC1NC(=O)c1sccc1S(=O)(=O)N1CCOCC1.